The number of benzene rings is 3. The summed E-state index contributed by atoms with van der Waals surface area (Å²) in [6.07, 6.45) is 15.2. The van der Waals surface area contributed by atoms with Crippen molar-refractivity contribution in [3.05, 3.63) is 187 Å². The van der Waals surface area contributed by atoms with Gasteiger partial charge in [0.1, 0.15) is 0 Å². The van der Waals surface area contributed by atoms with Gasteiger partial charge in [0, 0.05) is 11.1 Å². The number of aromatic nitrogens is 1. The van der Waals surface area contributed by atoms with Gasteiger partial charge in [-0.3, -0.25) is 0 Å². The molecule has 2 heteroatoms. The van der Waals surface area contributed by atoms with Crippen LogP contribution in [0, 0.1) is 20.8 Å². The van der Waals surface area contributed by atoms with Gasteiger partial charge in [0.25, 0.3) is 0 Å². The van der Waals surface area contributed by atoms with Gasteiger partial charge in [-0.05, 0) is 180 Å². The number of hydrogen-bond donors (Lipinski definition) is 0. The molecule has 0 spiro atoms. The lowest BCUT2D eigenvalue weighted by Crippen LogP contribution is -2.13. The van der Waals surface area contributed by atoms with Gasteiger partial charge in [0.05, 0.1) is 16.4 Å². The summed E-state index contributed by atoms with van der Waals surface area (Å²) in [5, 5.41) is 0.715. The number of rotatable bonds is 1. The van der Waals surface area contributed by atoms with E-state index in [-0.39, 0.29) is 10.8 Å². The minimum absolute atomic E-state index is 0.0488. The smallest absolute Gasteiger partial charge is 0.0738 e. The fourth-order valence-electron chi connectivity index (χ4n) is 8.28. The van der Waals surface area contributed by atoms with Crippen LogP contribution in [0.2, 0.25) is 5.02 Å². The zero-order valence-corrected chi connectivity index (χ0v) is 38.1. The van der Waals surface area contributed by atoms with Gasteiger partial charge < -0.3 is 0 Å². The summed E-state index contributed by atoms with van der Waals surface area (Å²) in [7, 11) is 0. The zero-order chi connectivity index (χ0) is 42.4. The van der Waals surface area contributed by atoms with E-state index < -0.39 is 0 Å². The molecule has 6 rings (SSSR count). The molecular formula is C56H62ClN. The lowest BCUT2D eigenvalue weighted by Gasteiger charge is -2.25. The van der Waals surface area contributed by atoms with Crippen molar-refractivity contribution in [2.45, 2.75) is 114 Å². The number of nitrogens with zero attached hydrogens (tertiary/aromatic N) is 1. The van der Waals surface area contributed by atoms with Crippen molar-refractivity contribution >= 4 is 39.5 Å². The van der Waals surface area contributed by atoms with Crippen molar-refractivity contribution < 1.29 is 0 Å². The molecule has 0 radical (unpaired) electrons. The summed E-state index contributed by atoms with van der Waals surface area (Å²) in [5.74, 6) is 0. The van der Waals surface area contributed by atoms with E-state index in [0.29, 0.717) is 5.02 Å². The quantitative estimate of drug-likeness (QED) is 0.187. The highest BCUT2D eigenvalue weighted by atomic mass is 35.5. The van der Waals surface area contributed by atoms with Gasteiger partial charge in [-0.1, -0.05) is 144 Å². The van der Waals surface area contributed by atoms with E-state index in [1.165, 1.54) is 66.8 Å². The van der Waals surface area contributed by atoms with Crippen molar-refractivity contribution in [2.75, 3.05) is 0 Å². The summed E-state index contributed by atoms with van der Waals surface area (Å²) in [4.78, 5) is 5.40. The van der Waals surface area contributed by atoms with Crippen LogP contribution in [0.25, 0.3) is 39.1 Å². The molecule has 2 heterocycles. The molecule has 1 nitrogen and oxygen atoms in total. The first-order chi connectivity index (χ1) is 27.1. The van der Waals surface area contributed by atoms with Gasteiger partial charge in [-0.2, -0.15) is 0 Å². The molecule has 0 atom stereocenters. The SMILES string of the molecule is C=C1\C=C/C(C)=C(c2cc(C)cc(C)c2)/C(C)=C/C=C(\C)c2cc(C(C)(C)C)cc(c2C)-c2ccc3c(n2)C(=C)/C(=C\C=C(/C)c2cc(C(C)(C)C)cc1c2Cl)CC3. The Morgan fingerprint density at radius 1 is 0.586 bits per heavy atom. The molecule has 298 valence electrons. The minimum atomic E-state index is -0.0875. The van der Waals surface area contributed by atoms with Crippen LogP contribution >= 0.6 is 11.6 Å². The maximum absolute atomic E-state index is 7.38. The average Bonchev–Trinajstić information content (AvgIpc) is 3.14. The Balaban J connectivity index is 1.66. The van der Waals surface area contributed by atoms with E-state index in [4.69, 9.17) is 16.6 Å². The van der Waals surface area contributed by atoms with Crippen LogP contribution in [0.3, 0.4) is 0 Å². The molecule has 4 aromatic rings. The second-order valence-corrected chi connectivity index (χ2v) is 19.2. The predicted molar refractivity (Wildman–Crippen MR) is 256 cm³/mol. The molecule has 0 fully saturated rings. The number of fused-ring (bicyclic) bond motifs is 7. The van der Waals surface area contributed by atoms with Gasteiger partial charge in [-0.15, -0.1) is 0 Å². The topological polar surface area (TPSA) is 12.9 Å². The molecule has 1 aliphatic carbocycles. The molecule has 0 saturated carbocycles. The highest BCUT2D eigenvalue weighted by Crippen LogP contribution is 2.41. The summed E-state index contributed by atoms with van der Waals surface area (Å²) in [6, 6.07) is 20.5. The van der Waals surface area contributed by atoms with E-state index >= 15 is 0 Å². The lowest BCUT2D eigenvalue weighted by atomic mass is 9.81. The van der Waals surface area contributed by atoms with Gasteiger partial charge in [0.15, 0.2) is 0 Å². The largest absolute Gasteiger partial charge is 0.248 e. The fourth-order valence-corrected chi connectivity index (χ4v) is 8.66. The van der Waals surface area contributed by atoms with Crippen LogP contribution in [-0.4, -0.2) is 4.98 Å². The normalized spacial score (nSPS) is 21.0. The minimum Gasteiger partial charge on any atom is -0.248 e. The van der Waals surface area contributed by atoms with Crippen LogP contribution < -0.4 is 0 Å². The number of aryl methyl sites for hydroxylation is 3. The van der Waals surface area contributed by atoms with Crippen LogP contribution in [0.1, 0.15) is 137 Å². The van der Waals surface area contributed by atoms with E-state index in [1.807, 2.05) is 0 Å². The lowest BCUT2D eigenvalue weighted by molar-refractivity contribution is 0.589. The van der Waals surface area contributed by atoms with E-state index in [1.54, 1.807) is 0 Å². The number of pyridine rings is 1. The van der Waals surface area contributed by atoms with E-state index in [2.05, 4.69) is 194 Å². The first-order valence-corrected chi connectivity index (χ1v) is 21.1. The highest BCUT2D eigenvalue weighted by molar-refractivity contribution is 6.34. The Bertz CT molecular complexity index is 2540. The van der Waals surface area contributed by atoms with Crippen molar-refractivity contribution in [3.63, 3.8) is 0 Å². The van der Waals surface area contributed by atoms with Crippen molar-refractivity contribution in [2.24, 2.45) is 0 Å². The van der Waals surface area contributed by atoms with Gasteiger partial charge >= 0.3 is 0 Å². The van der Waals surface area contributed by atoms with Crippen molar-refractivity contribution in [3.8, 4) is 11.3 Å². The van der Waals surface area contributed by atoms with Gasteiger partial charge in [-0.25, -0.2) is 4.98 Å². The fraction of sp³-hybridized carbons (Fsp3) is 0.304. The van der Waals surface area contributed by atoms with E-state index in [0.717, 1.165) is 63.2 Å². The summed E-state index contributed by atoms with van der Waals surface area (Å²) < 4.78 is 0. The Hall–Kier alpha value is -4.98. The highest BCUT2D eigenvalue weighted by Gasteiger charge is 2.24. The number of allylic oxidation sites excluding steroid dienone is 14. The first-order valence-electron chi connectivity index (χ1n) is 20.7. The second-order valence-electron chi connectivity index (χ2n) is 18.8. The summed E-state index contributed by atoms with van der Waals surface area (Å²) in [6.45, 7) is 38.3. The van der Waals surface area contributed by atoms with Gasteiger partial charge in [0.2, 0.25) is 0 Å². The third kappa shape index (κ3) is 8.86. The molecule has 0 N–H and O–H groups in total. The average molecular weight is 785 g/mol. The van der Waals surface area contributed by atoms with Crippen molar-refractivity contribution in [1.82, 2.24) is 4.98 Å². The van der Waals surface area contributed by atoms with Crippen LogP contribution in [-0.2, 0) is 17.3 Å². The molecule has 1 aromatic heterocycles. The van der Waals surface area contributed by atoms with Crippen molar-refractivity contribution in [1.29, 1.82) is 0 Å². The standard InChI is InChI=1S/C56H62ClN/c1-33-26-34(2)28-44(27-33)52-38(6)18-16-35(3)47-29-45(55(10,11)12)32-50(41(47)9)51-25-24-43-23-22-42(40(8)54(43)58-51)21-20-37(5)49-31-46(56(13,14)15)30-48(53(49)57)36(4)17-19-39(52)7/h16-21,24-32H,4,8,22-23H2,1-3,5-7,9-15H3/b19-17-,35-16+,37-20+,38-18+,42-21-,52-39-. The molecule has 0 saturated heterocycles. The second kappa shape index (κ2) is 16.3. The predicted octanol–water partition coefficient (Wildman–Crippen LogP) is 16.3. The molecule has 2 aliphatic rings. The molecule has 0 amide bonds. The zero-order valence-electron chi connectivity index (χ0n) is 37.3. The molecule has 58 heavy (non-hydrogen) atoms. The summed E-state index contributed by atoms with van der Waals surface area (Å²) >= 11 is 7.38. The maximum atomic E-state index is 7.38. The number of hydrogen-bond acceptors (Lipinski definition) is 1. The Morgan fingerprint density at radius 3 is 1.78 bits per heavy atom. The first kappa shape index (κ1) is 42.6. The monoisotopic (exact) mass is 783 g/mol. The molecule has 1 aliphatic heterocycles. The molecule has 7 bridgehead atoms. The van der Waals surface area contributed by atoms with Crippen LogP contribution in [0.4, 0.5) is 0 Å². The molecule has 3 aromatic carbocycles. The number of halogens is 1. The van der Waals surface area contributed by atoms with Crippen LogP contribution in [0.15, 0.2) is 121 Å². The maximum Gasteiger partial charge on any atom is 0.0738 e. The Labute approximate surface area is 355 Å². The Kier molecular flexibility index (Phi) is 12.0. The third-order valence-corrected chi connectivity index (χ3v) is 12.4. The Morgan fingerprint density at radius 2 is 1.14 bits per heavy atom. The van der Waals surface area contributed by atoms with Crippen LogP contribution in [0.5, 0.6) is 0 Å². The third-order valence-electron chi connectivity index (χ3n) is 12.0. The summed E-state index contributed by atoms with van der Waals surface area (Å²) in [5.41, 5.74) is 23.8. The van der Waals surface area contributed by atoms with E-state index in [9.17, 15) is 0 Å². The molecular weight excluding hydrogens is 722 g/mol. The molecule has 0 unspecified atom stereocenters.